The molecule has 6 nitrogen and oxygen atoms in total. The van der Waals surface area contributed by atoms with Crippen molar-refractivity contribution in [2.75, 3.05) is 19.6 Å². The lowest BCUT2D eigenvalue weighted by molar-refractivity contribution is -0.129. The maximum absolute atomic E-state index is 11.9. The van der Waals surface area contributed by atoms with Crippen LogP contribution in [-0.2, 0) is 14.4 Å². The molecule has 0 spiro atoms. The first-order chi connectivity index (χ1) is 9.45. The van der Waals surface area contributed by atoms with Crippen LogP contribution in [0.3, 0.4) is 0 Å². The van der Waals surface area contributed by atoms with Crippen LogP contribution in [0.5, 0.6) is 0 Å². The number of nitrogens with zero attached hydrogens (tertiary/aromatic N) is 1. The molecule has 0 aliphatic carbocycles. The Balaban J connectivity index is 2.24. The van der Waals surface area contributed by atoms with E-state index in [0.29, 0.717) is 26.1 Å². The van der Waals surface area contributed by atoms with Crippen molar-refractivity contribution in [1.29, 1.82) is 0 Å². The molecular formula is C14H25N3O3. The summed E-state index contributed by atoms with van der Waals surface area (Å²) >= 11 is 0. The Morgan fingerprint density at radius 1 is 1.30 bits per heavy atom. The van der Waals surface area contributed by atoms with Gasteiger partial charge >= 0.3 is 0 Å². The van der Waals surface area contributed by atoms with Gasteiger partial charge in [0.1, 0.15) is 0 Å². The van der Waals surface area contributed by atoms with Gasteiger partial charge in [-0.2, -0.15) is 0 Å². The Hall–Kier alpha value is -1.59. The topological polar surface area (TPSA) is 78.5 Å². The highest BCUT2D eigenvalue weighted by Crippen LogP contribution is 2.19. The summed E-state index contributed by atoms with van der Waals surface area (Å²) in [5, 5.41) is 5.50. The van der Waals surface area contributed by atoms with Crippen LogP contribution in [0.1, 0.15) is 40.0 Å². The summed E-state index contributed by atoms with van der Waals surface area (Å²) in [5.41, 5.74) is 0. The Labute approximate surface area is 120 Å². The highest BCUT2D eigenvalue weighted by molar-refractivity contribution is 5.89. The van der Waals surface area contributed by atoms with Crippen molar-refractivity contribution in [1.82, 2.24) is 15.5 Å². The van der Waals surface area contributed by atoms with Gasteiger partial charge in [0.15, 0.2) is 0 Å². The number of amides is 3. The predicted molar refractivity (Wildman–Crippen MR) is 75.9 cm³/mol. The quantitative estimate of drug-likeness (QED) is 0.659. The Kier molecular flexibility index (Phi) is 6.48. The lowest BCUT2D eigenvalue weighted by atomic mass is 10.1. The van der Waals surface area contributed by atoms with Gasteiger partial charge in [-0.05, 0) is 20.3 Å². The van der Waals surface area contributed by atoms with E-state index in [1.54, 1.807) is 4.90 Å². The molecule has 0 radical (unpaired) electrons. The van der Waals surface area contributed by atoms with E-state index < -0.39 is 0 Å². The summed E-state index contributed by atoms with van der Waals surface area (Å²) in [6.07, 6.45) is 1.61. The van der Waals surface area contributed by atoms with Crippen LogP contribution >= 0.6 is 0 Å². The second-order valence-electron chi connectivity index (χ2n) is 5.43. The molecular weight excluding hydrogens is 258 g/mol. The molecule has 1 fully saturated rings. The third-order valence-electron chi connectivity index (χ3n) is 3.38. The minimum absolute atomic E-state index is 0.00350. The number of nitrogens with one attached hydrogen (secondary N) is 2. The van der Waals surface area contributed by atoms with Crippen molar-refractivity contribution in [3.63, 3.8) is 0 Å². The van der Waals surface area contributed by atoms with E-state index in [4.69, 9.17) is 0 Å². The average molecular weight is 283 g/mol. The standard InChI is InChI=1S/C14H25N3O3/c1-4-5-12(18)15-6-7-16-14(20)11-8-13(19)17(9-11)10(2)3/h10-11H,4-9H2,1-3H3,(H,15,18)(H,16,20). The molecule has 114 valence electrons. The van der Waals surface area contributed by atoms with Crippen LogP contribution in [-0.4, -0.2) is 48.3 Å². The fraction of sp³-hybridized carbons (Fsp3) is 0.786. The molecule has 6 heteroatoms. The molecule has 0 bridgehead atoms. The molecule has 3 amide bonds. The monoisotopic (exact) mass is 283 g/mol. The number of rotatable bonds is 7. The summed E-state index contributed by atoms with van der Waals surface area (Å²) < 4.78 is 0. The first kappa shape index (κ1) is 16.5. The number of carbonyl (C=O) groups excluding carboxylic acids is 3. The molecule has 0 aromatic heterocycles. The summed E-state index contributed by atoms with van der Waals surface area (Å²) in [7, 11) is 0. The highest BCUT2D eigenvalue weighted by atomic mass is 16.2. The second kappa shape index (κ2) is 7.87. The zero-order chi connectivity index (χ0) is 15.1. The number of hydrogen-bond acceptors (Lipinski definition) is 3. The Bertz CT molecular complexity index is 369. The van der Waals surface area contributed by atoms with E-state index in [1.807, 2.05) is 20.8 Å². The van der Waals surface area contributed by atoms with Gasteiger partial charge in [0.2, 0.25) is 17.7 Å². The van der Waals surface area contributed by atoms with Crippen LogP contribution in [0.4, 0.5) is 0 Å². The van der Waals surface area contributed by atoms with E-state index in [0.717, 1.165) is 6.42 Å². The highest BCUT2D eigenvalue weighted by Gasteiger charge is 2.35. The summed E-state index contributed by atoms with van der Waals surface area (Å²) in [4.78, 5) is 36.6. The van der Waals surface area contributed by atoms with Crippen LogP contribution < -0.4 is 10.6 Å². The van der Waals surface area contributed by atoms with Gasteiger partial charge in [-0.3, -0.25) is 14.4 Å². The molecule has 1 atom stereocenters. The lowest BCUT2D eigenvalue weighted by Gasteiger charge is -2.20. The van der Waals surface area contributed by atoms with Gasteiger partial charge in [0, 0.05) is 38.5 Å². The summed E-state index contributed by atoms with van der Waals surface area (Å²) in [5.74, 6) is -0.331. The second-order valence-corrected chi connectivity index (χ2v) is 5.43. The van der Waals surface area contributed by atoms with Gasteiger partial charge in [-0.1, -0.05) is 6.92 Å². The molecule has 1 heterocycles. The molecule has 20 heavy (non-hydrogen) atoms. The molecule has 0 aromatic carbocycles. The lowest BCUT2D eigenvalue weighted by Crippen LogP contribution is -2.39. The maximum Gasteiger partial charge on any atom is 0.225 e. The fourth-order valence-corrected chi connectivity index (χ4v) is 2.25. The first-order valence-corrected chi connectivity index (χ1v) is 7.29. The Morgan fingerprint density at radius 3 is 2.50 bits per heavy atom. The maximum atomic E-state index is 11.9. The Morgan fingerprint density at radius 2 is 1.95 bits per heavy atom. The third kappa shape index (κ3) is 4.83. The molecule has 1 saturated heterocycles. The van der Waals surface area contributed by atoms with Crippen LogP contribution in [0.15, 0.2) is 0 Å². The summed E-state index contributed by atoms with van der Waals surface area (Å²) in [6, 6.07) is 0.133. The summed E-state index contributed by atoms with van der Waals surface area (Å²) in [6.45, 7) is 7.16. The smallest absolute Gasteiger partial charge is 0.225 e. The van der Waals surface area contributed by atoms with E-state index >= 15 is 0 Å². The number of likely N-dealkylation sites (tertiary alicyclic amines) is 1. The van der Waals surface area contributed by atoms with E-state index in [2.05, 4.69) is 10.6 Å². The van der Waals surface area contributed by atoms with Crippen molar-refractivity contribution in [2.45, 2.75) is 46.1 Å². The molecule has 2 N–H and O–H groups in total. The largest absolute Gasteiger partial charge is 0.354 e. The molecule has 1 unspecified atom stereocenters. The molecule has 1 rings (SSSR count). The SMILES string of the molecule is CCCC(=O)NCCNC(=O)C1CC(=O)N(C(C)C)C1. The third-order valence-corrected chi connectivity index (χ3v) is 3.38. The van der Waals surface area contributed by atoms with Gasteiger partial charge in [-0.25, -0.2) is 0 Å². The number of hydrogen-bond donors (Lipinski definition) is 2. The van der Waals surface area contributed by atoms with Crippen LogP contribution in [0.2, 0.25) is 0 Å². The van der Waals surface area contributed by atoms with E-state index in [9.17, 15) is 14.4 Å². The van der Waals surface area contributed by atoms with Crippen molar-refractivity contribution < 1.29 is 14.4 Å². The van der Waals surface area contributed by atoms with Crippen molar-refractivity contribution in [2.24, 2.45) is 5.92 Å². The first-order valence-electron chi connectivity index (χ1n) is 7.29. The fourth-order valence-electron chi connectivity index (χ4n) is 2.25. The van der Waals surface area contributed by atoms with Crippen LogP contribution in [0.25, 0.3) is 0 Å². The van der Waals surface area contributed by atoms with Crippen molar-refractivity contribution in [3.05, 3.63) is 0 Å². The van der Waals surface area contributed by atoms with Gasteiger partial charge < -0.3 is 15.5 Å². The predicted octanol–water partition coefficient (Wildman–Crippen LogP) is 0.276. The van der Waals surface area contributed by atoms with Gasteiger partial charge in [0.05, 0.1) is 5.92 Å². The van der Waals surface area contributed by atoms with Crippen LogP contribution in [0, 0.1) is 5.92 Å². The molecule has 0 saturated carbocycles. The normalized spacial score (nSPS) is 18.5. The van der Waals surface area contributed by atoms with E-state index in [1.165, 1.54) is 0 Å². The minimum atomic E-state index is -0.267. The van der Waals surface area contributed by atoms with E-state index in [-0.39, 0.29) is 36.1 Å². The molecule has 1 aliphatic heterocycles. The number of carbonyl (C=O) groups is 3. The minimum Gasteiger partial charge on any atom is -0.354 e. The van der Waals surface area contributed by atoms with Gasteiger partial charge in [0.25, 0.3) is 0 Å². The molecule has 0 aromatic rings. The van der Waals surface area contributed by atoms with Gasteiger partial charge in [-0.15, -0.1) is 0 Å². The van der Waals surface area contributed by atoms with Crippen molar-refractivity contribution >= 4 is 17.7 Å². The average Bonchev–Trinajstić information content (AvgIpc) is 2.77. The zero-order valence-electron chi connectivity index (χ0n) is 12.6. The molecule has 1 aliphatic rings. The zero-order valence-corrected chi connectivity index (χ0v) is 12.6. The van der Waals surface area contributed by atoms with Crippen molar-refractivity contribution in [3.8, 4) is 0 Å².